The predicted molar refractivity (Wildman–Crippen MR) is 107 cm³/mol. The molecule has 0 fully saturated rings. The van der Waals surface area contributed by atoms with Crippen LogP contribution in [0.15, 0.2) is 77.7 Å². The molecular weight excluding hydrogens is 360 g/mol. The number of fused-ring (bicyclic) bond motifs is 1. The Morgan fingerprint density at radius 2 is 1.81 bits per heavy atom. The second-order valence-corrected chi connectivity index (χ2v) is 6.73. The third-order valence-corrected chi connectivity index (χ3v) is 4.59. The highest BCUT2D eigenvalue weighted by Gasteiger charge is 2.07. The van der Waals surface area contributed by atoms with Crippen LogP contribution in [0.25, 0.3) is 16.8 Å². The highest BCUT2D eigenvalue weighted by molar-refractivity contribution is 6.32. The van der Waals surface area contributed by atoms with Gasteiger partial charge in [0.05, 0.1) is 10.7 Å². The minimum atomic E-state index is -0.135. The molecule has 2 aromatic carbocycles. The summed E-state index contributed by atoms with van der Waals surface area (Å²) in [4.78, 5) is 16.7. The fourth-order valence-corrected chi connectivity index (χ4v) is 3.14. The number of hydrogen-bond acceptors (Lipinski definition) is 3. The summed E-state index contributed by atoms with van der Waals surface area (Å²) < 4.78 is 7.32. The molecule has 0 unspecified atom stereocenters. The smallest absolute Gasteiger partial charge is 0.258 e. The van der Waals surface area contributed by atoms with Gasteiger partial charge in [-0.2, -0.15) is 0 Å². The molecule has 0 saturated carbocycles. The van der Waals surface area contributed by atoms with Gasteiger partial charge in [-0.3, -0.25) is 9.20 Å². The molecular formula is C22H17ClN2O2. The van der Waals surface area contributed by atoms with Crippen molar-refractivity contribution < 1.29 is 4.74 Å². The van der Waals surface area contributed by atoms with Gasteiger partial charge in [0, 0.05) is 12.3 Å². The second kappa shape index (κ2) is 7.25. The molecule has 0 aliphatic carbocycles. The summed E-state index contributed by atoms with van der Waals surface area (Å²) in [5, 5.41) is 0.518. The summed E-state index contributed by atoms with van der Waals surface area (Å²) in [6.07, 6.45) is 1.73. The molecule has 0 aliphatic rings. The topological polar surface area (TPSA) is 43.6 Å². The van der Waals surface area contributed by atoms with Gasteiger partial charge in [0.1, 0.15) is 18.0 Å². The average Bonchev–Trinajstić information content (AvgIpc) is 2.67. The molecule has 5 heteroatoms. The van der Waals surface area contributed by atoms with Crippen LogP contribution in [0.4, 0.5) is 0 Å². The molecule has 2 heterocycles. The molecule has 0 radical (unpaired) electrons. The number of pyridine rings is 1. The van der Waals surface area contributed by atoms with E-state index >= 15 is 0 Å². The van der Waals surface area contributed by atoms with Gasteiger partial charge in [0.15, 0.2) is 0 Å². The van der Waals surface area contributed by atoms with Gasteiger partial charge in [0.25, 0.3) is 5.56 Å². The van der Waals surface area contributed by atoms with Crippen LogP contribution in [0, 0.1) is 6.92 Å². The maximum atomic E-state index is 12.2. The van der Waals surface area contributed by atoms with Gasteiger partial charge in [-0.15, -0.1) is 0 Å². The van der Waals surface area contributed by atoms with Crippen molar-refractivity contribution in [1.29, 1.82) is 0 Å². The van der Waals surface area contributed by atoms with Crippen LogP contribution >= 0.6 is 11.6 Å². The first-order valence-corrected chi connectivity index (χ1v) is 8.95. The largest absolute Gasteiger partial charge is 0.486 e. The lowest BCUT2D eigenvalue weighted by molar-refractivity contribution is 0.301. The van der Waals surface area contributed by atoms with Gasteiger partial charge >= 0.3 is 0 Å². The van der Waals surface area contributed by atoms with E-state index in [-0.39, 0.29) is 12.2 Å². The summed E-state index contributed by atoms with van der Waals surface area (Å²) in [7, 11) is 0. The summed E-state index contributed by atoms with van der Waals surface area (Å²) in [6.45, 7) is 2.13. The Morgan fingerprint density at radius 1 is 1.00 bits per heavy atom. The number of ether oxygens (including phenoxy) is 1. The van der Waals surface area contributed by atoms with Crippen molar-refractivity contribution in [1.82, 2.24) is 9.38 Å². The number of benzene rings is 2. The molecule has 0 aliphatic heterocycles. The van der Waals surface area contributed by atoms with Crippen molar-refractivity contribution in [3.63, 3.8) is 0 Å². The highest BCUT2D eigenvalue weighted by Crippen LogP contribution is 2.30. The van der Waals surface area contributed by atoms with E-state index in [0.717, 1.165) is 16.7 Å². The summed E-state index contributed by atoms with van der Waals surface area (Å²) in [6, 6.07) is 20.9. The molecule has 0 amide bonds. The lowest BCUT2D eigenvalue weighted by atomic mass is 10.1. The number of aryl methyl sites for hydroxylation is 1. The Balaban J connectivity index is 1.57. The maximum absolute atomic E-state index is 12.2. The molecule has 4 rings (SSSR count). The van der Waals surface area contributed by atoms with Crippen LogP contribution in [0.5, 0.6) is 5.75 Å². The van der Waals surface area contributed by atoms with Crippen molar-refractivity contribution in [2.75, 3.05) is 0 Å². The van der Waals surface area contributed by atoms with Crippen LogP contribution in [0.2, 0.25) is 5.02 Å². The minimum Gasteiger partial charge on any atom is -0.486 e. The standard InChI is InChI=1S/C22H17ClN2O2/c1-15-9-10-25-21(11-15)24-18(13-22(25)26)14-27-20-8-7-17(12-19(20)23)16-5-3-2-4-6-16/h2-13H,14H2,1H3. The van der Waals surface area contributed by atoms with Gasteiger partial charge < -0.3 is 4.74 Å². The second-order valence-electron chi connectivity index (χ2n) is 6.32. The lowest BCUT2D eigenvalue weighted by Crippen LogP contribution is -2.16. The summed E-state index contributed by atoms with van der Waals surface area (Å²) in [5.74, 6) is 0.558. The fourth-order valence-electron chi connectivity index (χ4n) is 2.91. The van der Waals surface area contributed by atoms with Gasteiger partial charge in [0.2, 0.25) is 0 Å². The van der Waals surface area contributed by atoms with Crippen LogP contribution in [-0.2, 0) is 6.61 Å². The molecule has 0 spiro atoms. The first-order chi connectivity index (χ1) is 13.1. The average molecular weight is 377 g/mol. The normalized spacial score (nSPS) is 10.9. The number of halogens is 1. The number of nitrogens with zero attached hydrogens (tertiary/aromatic N) is 2. The van der Waals surface area contributed by atoms with Crippen molar-refractivity contribution in [2.45, 2.75) is 13.5 Å². The first-order valence-electron chi connectivity index (χ1n) is 8.57. The molecule has 0 N–H and O–H groups in total. The molecule has 0 bridgehead atoms. The quantitative estimate of drug-likeness (QED) is 0.508. The molecule has 4 nitrogen and oxygen atoms in total. The zero-order valence-corrected chi connectivity index (χ0v) is 15.5. The molecule has 2 aromatic heterocycles. The molecule has 0 atom stereocenters. The minimum absolute atomic E-state index is 0.135. The SMILES string of the molecule is Cc1ccn2c(=O)cc(COc3ccc(-c4ccccc4)cc3Cl)nc2c1. The summed E-state index contributed by atoms with van der Waals surface area (Å²) >= 11 is 6.38. The van der Waals surface area contributed by atoms with E-state index in [1.165, 1.54) is 10.5 Å². The van der Waals surface area contributed by atoms with E-state index in [1.807, 2.05) is 67.6 Å². The third kappa shape index (κ3) is 3.71. The van der Waals surface area contributed by atoms with Gasteiger partial charge in [-0.1, -0.05) is 48.0 Å². The maximum Gasteiger partial charge on any atom is 0.258 e. The molecule has 27 heavy (non-hydrogen) atoms. The Bertz CT molecular complexity index is 1170. The van der Waals surface area contributed by atoms with Crippen LogP contribution < -0.4 is 10.3 Å². The van der Waals surface area contributed by atoms with E-state index in [1.54, 1.807) is 6.20 Å². The van der Waals surface area contributed by atoms with Gasteiger partial charge in [-0.05, 0) is 47.9 Å². The Morgan fingerprint density at radius 3 is 2.59 bits per heavy atom. The van der Waals surface area contributed by atoms with E-state index in [9.17, 15) is 4.79 Å². The monoisotopic (exact) mass is 376 g/mol. The lowest BCUT2D eigenvalue weighted by Gasteiger charge is -2.10. The van der Waals surface area contributed by atoms with Crippen LogP contribution in [0.3, 0.4) is 0 Å². The Hall–Kier alpha value is -3.11. The molecule has 4 aromatic rings. The van der Waals surface area contributed by atoms with E-state index in [2.05, 4.69) is 4.98 Å². The van der Waals surface area contributed by atoms with E-state index < -0.39 is 0 Å². The Kier molecular flexibility index (Phi) is 4.65. The van der Waals surface area contributed by atoms with E-state index in [4.69, 9.17) is 16.3 Å². The molecule has 134 valence electrons. The zero-order valence-electron chi connectivity index (χ0n) is 14.7. The highest BCUT2D eigenvalue weighted by atomic mass is 35.5. The molecule has 0 saturated heterocycles. The van der Waals surface area contributed by atoms with Crippen molar-refractivity contribution in [2.24, 2.45) is 0 Å². The van der Waals surface area contributed by atoms with E-state index in [0.29, 0.717) is 22.1 Å². The van der Waals surface area contributed by atoms with Crippen LogP contribution in [0.1, 0.15) is 11.3 Å². The van der Waals surface area contributed by atoms with Crippen molar-refractivity contribution in [3.05, 3.63) is 99.6 Å². The van der Waals surface area contributed by atoms with Crippen LogP contribution in [-0.4, -0.2) is 9.38 Å². The Labute approximate surface area is 161 Å². The number of rotatable bonds is 4. The number of hydrogen-bond donors (Lipinski definition) is 0. The van der Waals surface area contributed by atoms with Gasteiger partial charge in [-0.25, -0.2) is 4.98 Å². The fraction of sp³-hybridized carbons (Fsp3) is 0.0909. The summed E-state index contributed by atoms with van der Waals surface area (Å²) in [5.41, 5.74) is 4.18. The third-order valence-electron chi connectivity index (χ3n) is 4.29. The predicted octanol–water partition coefficient (Wildman–Crippen LogP) is 4.90. The van der Waals surface area contributed by atoms with Crippen molar-refractivity contribution >= 4 is 17.2 Å². The zero-order chi connectivity index (χ0) is 18.8. The number of aromatic nitrogens is 2. The first kappa shape index (κ1) is 17.3. The van der Waals surface area contributed by atoms with Crippen molar-refractivity contribution in [3.8, 4) is 16.9 Å².